The summed E-state index contributed by atoms with van der Waals surface area (Å²) in [6.07, 6.45) is 0.515. The monoisotopic (exact) mass is 269 g/mol. The maximum Gasteiger partial charge on any atom is 0.135 e. The third-order valence-electron chi connectivity index (χ3n) is 3.69. The molecule has 2 aromatic rings. The summed E-state index contributed by atoms with van der Waals surface area (Å²) in [6, 6.07) is 20.5. The lowest BCUT2D eigenvalue weighted by Gasteiger charge is -2.17. The fraction of sp³-hybridized carbons (Fsp3) is 0.294. The van der Waals surface area contributed by atoms with Crippen LogP contribution in [0.15, 0.2) is 60.7 Å². The van der Waals surface area contributed by atoms with Gasteiger partial charge < -0.3 is 9.84 Å². The van der Waals surface area contributed by atoms with Crippen molar-refractivity contribution in [3.05, 3.63) is 71.8 Å². The van der Waals surface area contributed by atoms with Crippen LogP contribution in [0.25, 0.3) is 0 Å². The van der Waals surface area contributed by atoms with Gasteiger partial charge in [-0.25, -0.2) is 0 Å². The zero-order valence-electron chi connectivity index (χ0n) is 11.3. The Kier molecular flexibility index (Phi) is 4.11. The molecule has 104 valence electrons. The third-order valence-corrected chi connectivity index (χ3v) is 3.69. The van der Waals surface area contributed by atoms with Gasteiger partial charge in [-0.2, -0.15) is 0 Å². The fourth-order valence-electron chi connectivity index (χ4n) is 2.70. The number of hydrogen-bond donors (Lipinski definition) is 2. The predicted molar refractivity (Wildman–Crippen MR) is 78.1 cm³/mol. The van der Waals surface area contributed by atoms with Gasteiger partial charge in [0.15, 0.2) is 0 Å². The lowest BCUT2D eigenvalue weighted by atomic mass is 10.0. The summed E-state index contributed by atoms with van der Waals surface area (Å²) in [7, 11) is 0. The van der Waals surface area contributed by atoms with Gasteiger partial charge in [-0.3, -0.25) is 5.32 Å². The normalized spacial score (nSPS) is 25.8. The minimum absolute atomic E-state index is 0.00685. The van der Waals surface area contributed by atoms with E-state index in [-0.39, 0.29) is 25.0 Å². The highest BCUT2D eigenvalue weighted by Crippen LogP contribution is 2.34. The lowest BCUT2D eigenvalue weighted by Crippen LogP contribution is -2.23. The Morgan fingerprint density at radius 1 is 0.900 bits per heavy atom. The SMILES string of the molecule is OCCC1OC(c2ccccc2)NC1c1ccccc1. The molecule has 3 heteroatoms. The molecule has 2 N–H and O–H groups in total. The van der Waals surface area contributed by atoms with Gasteiger partial charge in [0.2, 0.25) is 0 Å². The van der Waals surface area contributed by atoms with Crippen molar-refractivity contribution in [2.24, 2.45) is 0 Å². The van der Waals surface area contributed by atoms with Crippen molar-refractivity contribution >= 4 is 0 Å². The van der Waals surface area contributed by atoms with Crippen molar-refractivity contribution in [2.75, 3.05) is 6.61 Å². The predicted octanol–water partition coefficient (Wildman–Crippen LogP) is 2.80. The average Bonchev–Trinajstić information content (AvgIpc) is 2.94. The Balaban J connectivity index is 1.83. The number of aliphatic hydroxyl groups is 1. The van der Waals surface area contributed by atoms with Crippen LogP contribution in [-0.4, -0.2) is 17.8 Å². The summed E-state index contributed by atoms with van der Waals surface area (Å²) in [5.74, 6) is 0. The third kappa shape index (κ3) is 2.75. The standard InChI is InChI=1S/C17H19NO2/c19-12-11-15-16(13-7-3-1-4-8-13)18-17(20-15)14-9-5-2-6-10-14/h1-10,15-19H,11-12H2. The quantitative estimate of drug-likeness (QED) is 0.896. The van der Waals surface area contributed by atoms with Crippen LogP contribution >= 0.6 is 0 Å². The van der Waals surface area contributed by atoms with Crippen molar-refractivity contribution in [1.82, 2.24) is 5.32 Å². The molecule has 0 radical (unpaired) electrons. The molecule has 3 unspecified atom stereocenters. The number of ether oxygens (including phenoxy) is 1. The molecular weight excluding hydrogens is 250 g/mol. The molecule has 0 aromatic heterocycles. The van der Waals surface area contributed by atoms with E-state index in [1.54, 1.807) is 0 Å². The Bertz CT molecular complexity index is 529. The van der Waals surface area contributed by atoms with E-state index < -0.39 is 0 Å². The molecule has 0 bridgehead atoms. The molecule has 2 aromatic carbocycles. The first-order valence-corrected chi connectivity index (χ1v) is 7.01. The second-order valence-electron chi connectivity index (χ2n) is 5.03. The Morgan fingerprint density at radius 3 is 2.10 bits per heavy atom. The van der Waals surface area contributed by atoms with Crippen molar-refractivity contribution in [3.8, 4) is 0 Å². The molecule has 20 heavy (non-hydrogen) atoms. The minimum atomic E-state index is -0.113. The van der Waals surface area contributed by atoms with Crippen LogP contribution in [0.5, 0.6) is 0 Å². The minimum Gasteiger partial charge on any atom is -0.396 e. The van der Waals surface area contributed by atoms with E-state index in [4.69, 9.17) is 4.74 Å². The topological polar surface area (TPSA) is 41.5 Å². The summed E-state index contributed by atoms with van der Waals surface area (Å²) in [5, 5.41) is 12.8. The molecule has 0 amide bonds. The Hall–Kier alpha value is -1.68. The fourth-order valence-corrected chi connectivity index (χ4v) is 2.70. The van der Waals surface area contributed by atoms with Gasteiger partial charge in [0.25, 0.3) is 0 Å². The van der Waals surface area contributed by atoms with Crippen molar-refractivity contribution in [2.45, 2.75) is 24.8 Å². The number of aliphatic hydroxyl groups excluding tert-OH is 1. The zero-order valence-corrected chi connectivity index (χ0v) is 11.3. The van der Waals surface area contributed by atoms with Crippen LogP contribution < -0.4 is 5.32 Å². The summed E-state index contributed by atoms with van der Waals surface area (Å²) in [6.45, 7) is 0.136. The van der Waals surface area contributed by atoms with Crippen LogP contribution in [0.1, 0.15) is 29.8 Å². The molecule has 1 saturated heterocycles. The highest BCUT2D eigenvalue weighted by Gasteiger charge is 2.35. The Morgan fingerprint density at radius 2 is 1.50 bits per heavy atom. The van der Waals surface area contributed by atoms with Crippen molar-refractivity contribution < 1.29 is 9.84 Å². The van der Waals surface area contributed by atoms with Crippen molar-refractivity contribution in [3.63, 3.8) is 0 Å². The summed E-state index contributed by atoms with van der Waals surface area (Å²) >= 11 is 0. The van der Waals surface area contributed by atoms with Gasteiger partial charge in [-0.1, -0.05) is 60.7 Å². The first kappa shape index (κ1) is 13.3. The number of rotatable bonds is 4. The first-order chi connectivity index (χ1) is 9.88. The van der Waals surface area contributed by atoms with E-state index in [0.29, 0.717) is 6.42 Å². The molecule has 3 nitrogen and oxygen atoms in total. The highest BCUT2D eigenvalue weighted by atomic mass is 16.5. The molecule has 1 aliphatic rings. The second-order valence-corrected chi connectivity index (χ2v) is 5.03. The van der Waals surface area contributed by atoms with E-state index in [0.717, 1.165) is 5.56 Å². The Labute approximate surface area is 119 Å². The van der Waals surface area contributed by atoms with E-state index in [9.17, 15) is 5.11 Å². The lowest BCUT2D eigenvalue weighted by molar-refractivity contribution is 0.0226. The molecule has 3 atom stereocenters. The summed E-state index contributed by atoms with van der Waals surface area (Å²) < 4.78 is 6.08. The van der Waals surface area contributed by atoms with Gasteiger partial charge in [-0.05, 0) is 17.5 Å². The maximum atomic E-state index is 9.24. The van der Waals surface area contributed by atoms with E-state index >= 15 is 0 Å². The molecule has 0 spiro atoms. The largest absolute Gasteiger partial charge is 0.396 e. The molecule has 1 aliphatic heterocycles. The van der Waals surface area contributed by atoms with Crippen LogP contribution in [0, 0.1) is 0 Å². The van der Waals surface area contributed by atoms with Gasteiger partial charge in [0.05, 0.1) is 12.1 Å². The van der Waals surface area contributed by atoms with Gasteiger partial charge in [-0.15, -0.1) is 0 Å². The van der Waals surface area contributed by atoms with Gasteiger partial charge in [0, 0.05) is 6.61 Å². The maximum absolute atomic E-state index is 9.24. The smallest absolute Gasteiger partial charge is 0.135 e. The van der Waals surface area contributed by atoms with E-state index in [1.807, 2.05) is 36.4 Å². The molecule has 3 rings (SSSR count). The zero-order chi connectivity index (χ0) is 13.8. The summed E-state index contributed by atoms with van der Waals surface area (Å²) in [4.78, 5) is 0. The summed E-state index contributed by atoms with van der Waals surface area (Å²) in [5.41, 5.74) is 2.32. The highest BCUT2D eigenvalue weighted by molar-refractivity contribution is 5.24. The number of nitrogens with one attached hydrogen (secondary N) is 1. The first-order valence-electron chi connectivity index (χ1n) is 7.01. The van der Waals surface area contributed by atoms with E-state index in [2.05, 4.69) is 29.6 Å². The molecule has 0 saturated carbocycles. The van der Waals surface area contributed by atoms with Crippen LogP contribution in [0.2, 0.25) is 0 Å². The molecule has 0 aliphatic carbocycles. The van der Waals surface area contributed by atoms with E-state index in [1.165, 1.54) is 5.56 Å². The molecule has 1 heterocycles. The molecule has 1 fully saturated rings. The number of hydrogen-bond acceptors (Lipinski definition) is 3. The van der Waals surface area contributed by atoms with Crippen LogP contribution in [0.3, 0.4) is 0 Å². The van der Waals surface area contributed by atoms with Crippen LogP contribution in [-0.2, 0) is 4.74 Å². The molecular formula is C17H19NO2. The second kappa shape index (κ2) is 6.18. The average molecular weight is 269 g/mol. The van der Waals surface area contributed by atoms with Gasteiger partial charge >= 0.3 is 0 Å². The number of benzene rings is 2. The van der Waals surface area contributed by atoms with Crippen LogP contribution in [0.4, 0.5) is 0 Å². The van der Waals surface area contributed by atoms with Crippen molar-refractivity contribution in [1.29, 1.82) is 0 Å². The van der Waals surface area contributed by atoms with Gasteiger partial charge in [0.1, 0.15) is 6.23 Å².